The summed E-state index contributed by atoms with van der Waals surface area (Å²) in [6.07, 6.45) is 4.62. The number of aromatic nitrogens is 1. The topological polar surface area (TPSA) is 68.3 Å². The predicted octanol–water partition coefficient (Wildman–Crippen LogP) is 1.18. The number of esters is 1. The number of nitrogens with zero attached hydrogens (tertiary/aromatic N) is 1. The molecule has 0 radical (unpaired) electrons. The molecule has 0 aromatic carbocycles. The van der Waals surface area contributed by atoms with Crippen molar-refractivity contribution in [2.75, 3.05) is 7.11 Å². The first-order valence-corrected chi connectivity index (χ1v) is 5.51. The summed E-state index contributed by atoms with van der Waals surface area (Å²) in [5.74, 6) is -1.06. The number of pyridine rings is 1. The number of ether oxygens (including phenoxy) is 1. The minimum atomic E-state index is -0.742. The van der Waals surface area contributed by atoms with E-state index in [4.69, 9.17) is 0 Å². The second-order valence-corrected chi connectivity index (χ2v) is 3.81. The standard InChI is InChI=1S/C13H16N2O3/c1-4-9(2)11(13(17)18-3)15-12(16)10-5-7-14-8-6-10/h4-9,11H,1H2,2-3H3,(H,15,16)/t9-,11-/m1/s1. The number of nitrogens with one attached hydrogen (secondary N) is 1. The van der Waals surface area contributed by atoms with Gasteiger partial charge in [0, 0.05) is 23.9 Å². The highest BCUT2D eigenvalue weighted by Crippen LogP contribution is 2.07. The van der Waals surface area contributed by atoms with Crippen molar-refractivity contribution < 1.29 is 14.3 Å². The molecule has 0 bridgehead atoms. The summed E-state index contributed by atoms with van der Waals surface area (Å²) in [6, 6.07) is 2.40. The van der Waals surface area contributed by atoms with Crippen molar-refractivity contribution in [3.8, 4) is 0 Å². The third-order valence-electron chi connectivity index (χ3n) is 2.58. The summed E-state index contributed by atoms with van der Waals surface area (Å²) in [6.45, 7) is 5.39. The smallest absolute Gasteiger partial charge is 0.328 e. The van der Waals surface area contributed by atoms with Crippen LogP contribution in [0, 0.1) is 5.92 Å². The molecule has 18 heavy (non-hydrogen) atoms. The SMILES string of the molecule is C=C[C@@H](C)[C@@H](NC(=O)c1ccncc1)C(=O)OC. The van der Waals surface area contributed by atoms with Crippen LogP contribution in [0.1, 0.15) is 17.3 Å². The van der Waals surface area contributed by atoms with E-state index in [1.54, 1.807) is 25.1 Å². The van der Waals surface area contributed by atoms with Gasteiger partial charge in [-0.1, -0.05) is 13.0 Å². The van der Waals surface area contributed by atoms with Crippen LogP contribution >= 0.6 is 0 Å². The van der Waals surface area contributed by atoms with E-state index >= 15 is 0 Å². The Kier molecular flexibility index (Phi) is 5.05. The molecule has 0 spiro atoms. The minimum absolute atomic E-state index is 0.219. The third-order valence-corrected chi connectivity index (χ3v) is 2.58. The zero-order chi connectivity index (χ0) is 13.5. The maximum atomic E-state index is 11.9. The van der Waals surface area contributed by atoms with Gasteiger partial charge < -0.3 is 10.1 Å². The number of carbonyl (C=O) groups excluding carboxylic acids is 2. The Morgan fingerprint density at radius 3 is 2.56 bits per heavy atom. The van der Waals surface area contributed by atoms with Gasteiger partial charge in [0.05, 0.1) is 7.11 Å². The van der Waals surface area contributed by atoms with Gasteiger partial charge in [0.25, 0.3) is 5.91 Å². The fraction of sp³-hybridized carbons (Fsp3) is 0.308. The lowest BCUT2D eigenvalue weighted by Crippen LogP contribution is -2.45. The van der Waals surface area contributed by atoms with Crippen LogP contribution in [0.2, 0.25) is 0 Å². The molecule has 2 atom stereocenters. The van der Waals surface area contributed by atoms with Crippen LogP contribution in [-0.4, -0.2) is 30.0 Å². The molecule has 0 saturated heterocycles. The fourth-order valence-corrected chi connectivity index (χ4v) is 1.40. The largest absolute Gasteiger partial charge is 0.467 e. The van der Waals surface area contributed by atoms with E-state index in [9.17, 15) is 9.59 Å². The van der Waals surface area contributed by atoms with Crippen LogP contribution in [0.25, 0.3) is 0 Å². The number of methoxy groups -OCH3 is 1. The van der Waals surface area contributed by atoms with Gasteiger partial charge in [0.15, 0.2) is 0 Å². The third kappa shape index (κ3) is 3.41. The normalized spacial score (nSPS) is 13.2. The molecule has 5 heteroatoms. The fourth-order valence-electron chi connectivity index (χ4n) is 1.40. The lowest BCUT2D eigenvalue weighted by Gasteiger charge is -2.20. The van der Waals surface area contributed by atoms with Crippen molar-refractivity contribution >= 4 is 11.9 Å². The van der Waals surface area contributed by atoms with Crippen LogP contribution in [0.5, 0.6) is 0 Å². The molecule has 0 aliphatic rings. The van der Waals surface area contributed by atoms with Crippen LogP contribution in [-0.2, 0) is 9.53 Å². The van der Waals surface area contributed by atoms with Gasteiger partial charge in [-0.3, -0.25) is 9.78 Å². The molecule has 96 valence electrons. The monoisotopic (exact) mass is 248 g/mol. The van der Waals surface area contributed by atoms with Crippen LogP contribution < -0.4 is 5.32 Å². The van der Waals surface area contributed by atoms with E-state index < -0.39 is 12.0 Å². The summed E-state index contributed by atoms with van der Waals surface area (Å²) >= 11 is 0. The van der Waals surface area contributed by atoms with Gasteiger partial charge >= 0.3 is 5.97 Å². The van der Waals surface area contributed by atoms with Crippen molar-refractivity contribution in [3.63, 3.8) is 0 Å². The van der Waals surface area contributed by atoms with E-state index in [2.05, 4.69) is 21.6 Å². The predicted molar refractivity (Wildman–Crippen MR) is 66.9 cm³/mol. The molecule has 1 N–H and O–H groups in total. The lowest BCUT2D eigenvalue weighted by atomic mass is 10.0. The van der Waals surface area contributed by atoms with Gasteiger partial charge in [-0.15, -0.1) is 6.58 Å². The Bertz CT molecular complexity index is 431. The molecule has 0 aliphatic carbocycles. The maximum absolute atomic E-state index is 11.9. The highest BCUT2D eigenvalue weighted by Gasteiger charge is 2.26. The molecule has 0 saturated carbocycles. The number of rotatable bonds is 5. The van der Waals surface area contributed by atoms with E-state index in [0.29, 0.717) is 5.56 Å². The summed E-state index contributed by atoms with van der Waals surface area (Å²) in [5.41, 5.74) is 0.440. The molecule has 5 nitrogen and oxygen atoms in total. The van der Waals surface area contributed by atoms with Crippen molar-refractivity contribution in [3.05, 3.63) is 42.7 Å². The summed E-state index contributed by atoms with van der Waals surface area (Å²) in [5, 5.41) is 2.62. The molecule has 0 fully saturated rings. The molecule has 1 heterocycles. The first kappa shape index (κ1) is 13.9. The van der Waals surface area contributed by atoms with Crippen LogP contribution in [0.3, 0.4) is 0 Å². The molecular weight excluding hydrogens is 232 g/mol. The first-order chi connectivity index (χ1) is 8.60. The minimum Gasteiger partial charge on any atom is -0.467 e. The Morgan fingerprint density at radius 2 is 2.06 bits per heavy atom. The molecule has 1 amide bonds. The number of hydrogen-bond acceptors (Lipinski definition) is 4. The molecule has 1 aromatic heterocycles. The first-order valence-electron chi connectivity index (χ1n) is 5.51. The highest BCUT2D eigenvalue weighted by molar-refractivity contribution is 5.96. The number of amides is 1. The molecule has 0 aliphatic heterocycles. The van der Waals surface area contributed by atoms with Gasteiger partial charge in [-0.25, -0.2) is 4.79 Å². The Hall–Kier alpha value is -2.17. The van der Waals surface area contributed by atoms with E-state index in [0.717, 1.165) is 0 Å². The molecule has 1 aromatic rings. The van der Waals surface area contributed by atoms with Crippen molar-refractivity contribution in [1.29, 1.82) is 0 Å². The maximum Gasteiger partial charge on any atom is 0.328 e. The van der Waals surface area contributed by atoms with Gasteiger partial charge in [-0.05, 0) is 12.1 Å². The highest BCUT2D eigenvalue weighted by atomic mass is 16.5. The summed E-state index contributed by atoms with van der Waals surface area (Å²) in [4.78, 5) is 27.3. The van der Waals surface area contributed by atoms with E-state index in [1.807, 2.05) is 0 Å². The molecule has 1 rings (SSSR count). The van der Waals surface area contributed by atoms with Crippen molar-refractivity contribution in [2.24, 2.45) is 5.92 Å². The zero-order valence-corrected chi connectivity index (χ0v) is 10.4. The molecular formula is C13H16N2O3. The van der Waals surface area contributed by atoms with Gasteiger partial charge in [0.2, 0.25) is 0 Å². The van der Waals surface area contributed by atoms with Crippen LogP contribution in [0.4, 0.5) is 0 Å². The molecule has 0 unspecified atom stereocenters. The van der Waals surface area contributed by atoms with Crippen LogP contribution in [0.15, 0.2) is 37.2 Å². The quantitative estimate of drug-likeness (QED) is 0.627. The van der Waals surface area contributed by atoms with Crippen molar-refractivity contribution in [1.82, 2.24) is 10.3 Å². The average molecular weight is 248 g/mol. The second kappa shape index (κ2) is 6.54. The Balaban J connectivity index is 2.81. The Labute approximate surface area is 106 Å². The van der Waals surface area contributed by atoms with Gasteiger partial charge in [-0.2, -0.15) is 0 Å². The number of carbonyl (C=O) groups is 2. The summed E-state index contributed by atoms with van der Waals surface area (Å²) < 4.78 is 4.66. The average Bonchev–Trinajstić information content (AvgIpc) is 2.43. The zero-order valence-electron chi connectivity index (χ0n) is 10.4. The lowest BCUT2D eigenvalue weighted by molar-refractivity contribution is -0.143. The number of hydrogen-bond donors (Lipinski definition) is 1. The second-order valence-electron chi connectivity index (χ2n) is 3.81. The van der Waals surface area contributed by atoms with E-state index in [-0.39, 0.29) is 11.8 Å². The van der Waals surface area contributed by atoms with Gasteiger partial charge in [0.1, 0.15) is 6.04 Å². The summed E-state index contributed by atoms with van der Waals surface area (Å²) in [7, 11) is 1.28. The van der Waals surface area contributed by atoms with E-state index in [1.165, 1.54) is 19.5 Å². The van der Waals surface area contributed by atoms with Crippen molar-refractivity contribution in [2.45, 2.75) is 13.0 Å². The Morgan fingerprint density at radius 1 is 1.44 bits per heavy atom.